The van der Waals surface area contributed by atoms with Crippen molar-refractivity contribution in [2.24, 2.45) is 11.8 Å². The Hall–Kier alpha value is -1.95. The second-order valence-corrected chi connectivity index (χ2v) is 6.63. The minimum absolute atomic E-state index is 0.209. The monoisotopic (exact) mass is 357 g/mol. The van der Waals surface area contributed by atoms with Crippen LogP contribution in [0.25, 0.3) is 0 Å². The zero-order valence-electron chi connectivity index (χ0n) is 14.6. The van der Waals surface area contributed by atoms with Gasteiger partial charge in [-0.1, -0.05) is 39.3 Å². The predicted octanol–water partition coefficient (Wildman–Crippen LogP) is 3.22. The van der Waals surface area contributed by atoms with Crippen LogP contribution in [0.15, 0.2) is 12.1 Å². The average molecular weight is 358 g/mol. The Balaban J connectivity index is 3.06. The number of hydrogen-bond donors (Lipinski definition) is 2. The number of halogens is 1. The van der Waals surface area contributed by atoms with E-state index < -0.39 is 17.9 Å². The van der Waals surface area contributed by atoms with Gasteiger partial charge in [-0.3, -0.25) is 4.79 Å². The second kappa shape index (κ2) is 8.78. The lowest BCUT2D eigenvalue weighted by Gasteiger charge is -2.19. The molecule has 6 nitrogen and oxygen atoms in total. The van der Waals surface area contributed by atoms with Crippen LogP contribution in [0.3, 0.4) is 0 Å². The van der Waals surface area contributed by atoms with E-state index in [9.17, 15) is 14.7 Å². The summed E-state index contributed by atoms with van der Waals surface area (Å²) in [7, 11) is 1.45. The number of carbonyl (C=O) groups excluding carboxylic acids is 1. The minimum atomic E-state index is -1.09. The van der Waals surface area contributed by atoms with Crippen molar-refractivity contribution in [2.75, 3.05) is 13.7 Å². The van der Waals surface area contributed by atoms with Gasteiger partial charge in [0.25, 0.3) is 5.91 Å². The number of methoxy groups -OCH3 is 1. The van der Waals surface area contributed by atoms with E-state index >= 15 is 0 Å². The lowest BCUT2D eigenvalue weighted by atomic mass is 10.0. The van der Waals surface area contributed by atoms with Crippen LogP contribution in [0.5, 0.6) is 11.5 Å². The van der Waals surface area contributed by atoms with Crippen LogP contribution < -0.4 is 14.8 Å². The van der Waals surface area contributed by atoms with E-state index in [-0.39, 0.29) is 16.5 Å². The molecule has 0 aliphatic carbocycles. The van der Waals surface area contributed by atoms with Crippen molar-refractivity contribution in [1.29, 1.82) is 0 Å². The van der Waals surface area contributed by atoms with E-state index in [2.05, 4.69) is 5.32 Å². The molecule has 0 radical (unpaired) electrons. The number of ether oxygens (including phenoxy) is 2. The Bertz CT molecular complexity index is 601. The first kappa shape index (κ1) is 20.1. The third kappa shape index (κ3) is 5.30. The molecule has 0 saturated carbocycles. The fraction of sp³-hybridized carbons (Fsp3) is 0.529. The molecule has 0 heterocycles. The van der Waals surface area contributed by atoms with Crippen molar-refractivity contribution in [2.45, 2.75) is 33.7 Å². The molecule has 1 amide bonds. The lowest BCUT2D eigenvalue weighted by molar-refractivity contribution is -0.140. The van der Waals surface area contributed by atoms with Gasteiger partial charge in [0.05, 0.1) is 18.7 Å². The molecule has 0 aliphatic rings. The van der Waals surface area contributed by atoms with Crippen LogP contribution in [0.1, 0.15) is 38.1 Å². The maximum absolute atomic E-state index is 12.3. The molecular weight excluding hydrogens is 334 g/mol. The number of carboxylic acid groups (broad SMARTS) is 1. The van der Waals surface area contributed by atoms with Gasteiger partial charge in [-0.2, -0.15) is 0 Å². The molecule has 134 valence electrons. The Labute approximate surface area is 147 Å². The molecule has 0 bridgehead atoms. The summed E-state index contributed by atoms with van der Waals surface area (Å²) in [5, 5.41) is 11.9. The Morgan fingerprint density at radius 1 is 1.25 bits per heavy atom. The molecule has 0 aromatic heterocycles. The summed E-state index contributed by atoms with van der Waals surface area (Å²) < 4.78 is 10.9. The molecule has 1 rings (SSSR count). The van der Waals surface area contributed by atoms with Crippen LogP contribution >= 0.6 is 11.6 Å². The SMILES string of the molecule is COc1cc(C(=O)NC(C(=O)O)C(C)C)cc(Cl)c1OCC(C)C. The Morgan fingerprint density at radius 3 is 2.33 bits per heavy atom. The summed E-state index contributed by atoms with van der Waals surface area (Å²) in [6.07, 6.45) is 0. The van der Waals surface area contributed by atoms with Crippen molar-refractivity contribution in [3.05, 3.63) is 22.7 Å². The topological polar surface area (TPSA) is 84.9 Å². The predicted molar refractivity (Wildman–Crippen MR) is 92.1 cm³/mol. The number of aliphatic carboxylic acids is 1. The Kier molecular flexibility index (Phi) is 7.35. The van der Waals surface area contributed by atoms with Crippen molar-refractivity contribution in [3.8, 4) is 11.5 Å². The quantitative estimate of drug-likeness (QED) is 0.746. The fourth-order valence-corrected chi connectivity index (χ4v) is 2.24. The minimum Gasteiger partial charge on any atom is -0.493 e. The highest BCUT2D eigenvalue weighted by atomic mass is 35.5. The van der Waals surface area contributed by atoms with Crippen molar-refractivity contribution >= 4 is 23.5 Å². The molecular formula is C17H24ClNO5. The van der Waals surface area contributed by atoms with Crippen molar-refractivity contribution in [1.82, 2.24) is 5.32 Å². The highest BCUT2D eigenvalue weighted by Crippen LogP contribution is 2.36. The first-order valence-electron chi connectivity index (χ1n) is 7.71. The third-order valence-corrected chi connectivity index (χ3v) is 3.55. The molecule has 2 N–H and O–H groups in total. The van der Waals surface area contributed by atoms with Gasteiger partial charge < -0.3 is 19.9 Å². The summed E-state index contributed by atoms with van der Waals surface area (Å²) >= 11 is 6.20. The molecule has 1 aromatic carbocycles. The van der Waals surface area contributed by atoms with Gasteiger partial charge >= 0.3 is 5.97 Å². The maximum atomic E-state index is 12.3. The first-order chi connectivity index (χ1) is 11.2. The summed E-state index contributed by atoms with van der Waals surface area (Å²) in [4.78, 5) is 23.5. The van der Waals surface area contributed by atoms with E-state index in [4.69, 9.17) is 21.1 Å². The normalized spacial score (nSPS) is 12.2. The summed E-state index contributed by atoms with van der Waals surface area (Å²) in [5.41, 5.74) is 0.209. The smallest absolute Gasteiger partial charge is 0.326 e. The standard InChI is InChI=1S/C17H24ClNO5/c1-9(2)8-24-15-12(18)6-11(7-13(15)23-5)16(20)19-14(10(3)4)17(21)22/h6-7,9-10,14H,8H2,1-5H3,(H,19,20)(H,21,22). The molecule has 1 unspecified atom stereocenters. The fourth-order valence-electron chi connectivity index (χ4n) is 1.98. The van der Waals surface area contributed by atoms with E-state index in [1.54, 1.807) is 13.8 Å². The summed E-state index contributed by atoms with van der Waals surface area (Å²) in [6, 6.07) is 1.93. The van der Waals surface area contributed by atoms with Gasteiger partial charge in [-0.05, 0) is 24.0 Å². The van der Waals surface area contributed by atoms with Crippen LogP contribution in [0.2, 0.25) is 5.02 Å². The van der Waals surface area contributed by atoms with Gasteiger partial charge in [0.1, 0.15) is 6.04 Å². The largest absolute Gasteiger partial charge is 0.493 e. The van der Waals surface area contributed by atoms with Crippen molar-refractivity contribution in [3.63, 3.8) is 0 Å². The summed E-state index contributed by atoms with van der Waals surface area (Å²) in [5.74, 6) is -0.888. The number of carbonyl (C=O) groups is 2. The molecule has 0 fully saturated rings. The van der Waals surface area contributed by atoms with E-state index in [0.717, 1.165) is 0 Å². The number of amides is 1. The van der Waals surface area contributed by atoms with Crippen LogP contribution in [0.4, 0.5) is 0 Å². The molecule has 1 atom stereocenters. The number of carboxylic acids is 1. The van der Waals surface area contributed by atoms with E-state index in [1.165, 1.54) is 19.2 Å². The van der Waals surface area contributed by atoms with Gasteiger partial charge in [-0.25, -0.2) is 4.79 Å². The molecule has 0 aliphatic heterocycles. The van der Waals surface area contributed by atoms with Gasteiger partial charge in [0, 0.05) is 5.56 Å². The van der Waals surface area contributed by atoms with Crippen LogP contribution in [0, 0.1) is 11.8 Å². The second-order valence-electron chi connectivity index (χ2n) is 6.23. The molecule has 24 heavy (non-hydrogen) atoms. The van der Waals surface area contributed by atoms with Crippen LogP contribution in [-0.2, 0) is 4.79 Å². The zero-order valence-corrected chi connectivity index (χ0v) is 15.3. The van der Waals surface area contributed by atoms with E-state index in [1.807, 2.05) is 13.8 Å². The molecule has 7 heteroatoms. The van der Waals surface area contributed by atoms with Crippen LogP contribution in [-0.4, -0.2) is 36.7 Å². The summed E-state index contributed by atoms with van der Waals surface area (Å²) in [6.45, 7) is 7.89. The maximum Gasteiger partial charge on any atom is 0.326 e. The lowest BCUT2D eigenvalue weighted by Crippen LogP contribution is -2.44. The van der Waals surface area contributed by atoms with Gasteiger partial charge in [-0.15, -0.1) is 0 Å². The van der Waals surface area contributed by atoms with Gasteiger partial charge in [0.2, 0.25) is 0 Å². The highest BCUT2D eigenvalue weighted by Gasteiger charge is 2.25. The number of hydrogen-bond acceptors (Lipinski definition) is 4. The third-order valence-electron chi connectivity index (χ3n) is 3.27. The van der Waals surface area contributed by atoms with E-state index in [0.29, 0.717) is 24.0 Å². The molecule has 1 aromatic rings. The number of nitrogens with one attached hydrogen (secondary N) is 1. The molecule has 0 spiro atoms. The van der Waals surface area contributed by atoms with Gasteiger partial charge in [0.15, 0.2) is 11.5 Å². The molecule has 0 saturated heterocycles. The number of rotatable bonds is 8. The Morgan fingerprint density at radius 2 is 1.88 bits per heavy atom. The zero-order chi connectivity index (χ0) is 18.4. The number of benzene rings is 1. The first-order valence-corrected chi connectivity index (χ1v) is 8.09. The average Bonchev–Trinajstić information content (AvgIpc) is 2.49. The van der Waals surface area contributed by atoms with Crippen molar-refractivity contribution < 1.29 is 24.2 Å². The highest BCUT2D eigenvalue weighted by molar-refractivity contribution is 6.32.